The molecule has 1 aromatic rings. The van der Waals surface area contributed by atoms with Gasteiger partial charge in [0.25, 0.3) is 5.91 Å². The summed E-state index contributed by atoms with van der Waals surface area (Å²) in [4.78, 5) is 14.7. The average molecular weight is 535 g/mol. The average Bonchev–Trinajstić information content (AvgIpc) is 2.86. The van der Waals surface area contributed by atoms with Crippen molar-refractivity contribution in [2.45, 2.75) is 136 Å². The lowest BCUT2D eigenvalue weighted by Gasteiger charge is -2.47. The van der Waals surface area contributed by atoms with Gasteiger partial charge in [-0.05, 0) is 13.3 Å². The van der Waals surface area contributed by atoms with Crippen LogP contribution < -0.4 is 12.4 Å². The smallest absolute Gasteiger partial charge is 0.253 e. The van der Waals surface area contributed by atoms with Crippen LogP contribution in [0, 0.1) is 0 Å². The van der Waals surface area contributed by atoms with Crippen LogP contribution in [-0.4, -0.2) is 42.6 Å². The fraction of sp³-hybridized carbons (Fsp3) is 0.727. The summed E-state index contributed by atoms with van der Waals surface area (Å²) >= 11 is 0. The van der Waals surface area contributed by atoms with Crippen molar-refractivity contribution in [1.29, 1.82) is 0 Å². The van der Waals surface area contributed by atoms with E-state index < -0.39 is 0 Å². The predicted octanol–water partition coefficient (Wildman–Crippen LogP) is 6.45. The van der Waals surface area contributed by atoms with Gasteiger partial charge in [-0.25, -0.2) is 0 Å². The monoisotopic (exact) mass is 534 g/mol. The lowest BCUT2D eigenvalue weighted by Crippen LogP contribution is -3.00. The minimum Gasteiger partial charge on any atom is -1.00 e. The van der Waals surface area contributed by atoms with Gasteiger partial charge in [0.1, 0.15) is 6.04 Å². The molecular weight excluding hydrogens is 476 g/mol. The number of halogens is 1. The second-order valence-electron chi connectivity index (χ2n) is 11.5. The van der Waals surface area contributed by atoms with Gasteiger partial charge in [-0.2, -0.15) is 0 Å². The molecule has 0 aliphatic carbocycles. The van der Waals surface area contributed by atoms with Crippen molar-refractivity contribution in [3.63, 3.8) is 0 Å². The van der Waals surface area contributed by atoms with E-state index in [0.29, 0.717) is 11.6 Å². The molecule has 0 aliphatic heterocycles. The molecule has 0 saturated heterocycles. The molecule has 0 bridgehead atoms. The molecule has 0 N–H and O–H groups in total. The number of rotatable bonds is 21. The Morgan fingerprint density at radius 3 is 1.65 bits per heavy atom. The number of unbranched alkanes of at least 4 members (excludes halogenated alkanes) is 13. The molecule has 0 aromatic heterocycles. The van der Waals surface area contributed by atoms with Crippen LogP contribution in [-0.2, 0) is 4.79 Å². The van der Waals surface area contributed by atoms with E-state index in [0.717, 1.165) is 17.3 Å². The van der Waals surface area contributed by atoms with Crippen LogP contribution in [0.5, 0.6) is 0 Å². The highest BCUT2D eigenvalue weighted by molar-refractivity contribution is 5.92. The summed E-state index contributed by atoms with van der Waals surface area (Å²) < 4.78 is 0.786. The first-order valence-electron chi connectivity index (χ1n) is 15.1. The number of nitrogens with zero attached hydrogens (tertiary/aromatic N) is 2. The van der Waals surface area contributed by atoms with Crippen LogP contribution >= 0.6 is 0 Å². The second kappa shape index (κ2) is 20.6. The van der Waals surface area contributed by atoms with Crippen molar-refractivity contribution in [3.05, 3.63) is 48.0 Å². The Kier molecular flexibility index (Phi) is 19.9. The van der Waals surface area contributed by atoms with Gasteiger partial charge in [-0.1, -0.05) is 134 Å². The largest absolute Gasteiger partial charge is 1.00 e. The minimum atomic E-state index is 0. The third kappa shape index (κ3) is 13.3. The summed E-state index contributed by atoms with van der Waals surface area (Å²) in [6, 6.07) is 11.3. The van der Waals surface area contributed by atoms with Crippen LogP contribution in [0.3, 0.4) is 0 Å². The number of carbonyl (C=O) groups is 1. The Balaban J connectivity index is 0.0000130. The summed E-state index contributed by atoms with van der Waals surface area (Å²) in [5.41, 5.74) is 1.99. The molecule has 1 rings (SSSR count). The number of benzene rings is 1. The van der Waals surface area contributed by atoms with Crippen molar-refractivity contribution in [2.75, 3.05) is 21.1 Å². The zero-order chi connectivity index (χ0) is 26.8. The molecule has 0 spiro atoms. The van der Waals surface area contributed by atoms with Gasteiger partial charge in [-0.3, -0.25) is 9.69 Å². The van der Waals surface area contributed by atoms with Crippen molar-refractivity contribution in [1.82, 2.24) is 4.90 Å². The Morgan fingerprint density at radius 2 is 1.24 bits per heavy atom. The first-order chi connectivity index (χ1) is 17.3. The molecule has 0 aliphatic rings. The Labute approximate surface area is 237 Å². The molecule has 1 amide bonds. The van der Waals surface area contributed by atoms with Crippen LogP contribution in [0.15, 0.2) is 42.5 Å². The molecule has 2 atom stereocenters. The van der Waals surface area contributed by atoms with Gasteiger partial charge in [0.2, 0.25) is 0 Å². The Hall–Kier alpha value is -1.32. The van der Waals surface area contributed by atoms with E-state index in [1.807, 2.05) is 18.9 Å². The molecule has 2 unspecified atom stereocenters. The van der Waals surface area contributed by atoms with Gasteiger partial charge >= 0.3 is 0 Å². The molecule has 0 radical (unpaired) electrons. The van der Waals surface area contributed by atoms with Crippen molar-refractivity contribution >= 4 is 5.91 Å². The van der Waals surface area contributed by atoms with Gasteiger partial charge < -0.3 is 16.9 Å². The first-order valence-corrected chi connectivity index (χ1v) is 15.1. The predicted molar refractivity (Wildman–Crippen MR) is 158 cm³/mol. The van der Waals surface area contributed by atoms with Crippen LogP contribution in [0.1, 0.15) is 135 Å². The van der Waals surface area contributed by atoms with E-state index in [1.165, 1.54) is 95.5 Å². The summed E-state index contributed by atoms with van der Waals surface area (Å²) in [7, 11) is 6.55. The minimum absolute atomic E-state index is 0. The van der Waals surface area contributed by atoms with E-state index in [4.69, 9.17) is 0 Å². The maximum Gasteiger partial charge on any atom is 0.253 e. The van der Waals surface area contributed by atoms with Crippen LogP contribution in [0.2, 0.25) is 0 Å². The number of hydrogen-bond acceptors (Lipinski definition) is 1. The second-order valence-corrected chi connectivity index (χ2v) is 11.5. The summed E-state index contributed by atoms with van der Waals surface area (Å²) in [6.45, 7) is 10.2. The van der Waals surface area contributed by atoms with Crippen molar-refractivity contribution in [3.8, 4) is 0 Å². The van der Waals surface area contributed by atoms with Crippen LogP contribution in [0.4, 0.5) is 0 Å². The standard InChI is InChI=1S/C33H59N2O.ClH/c1-8-10-11-12-13-14-15-16-17-18-19-20-21-25-28-31(30-26-23-22-24-27-30)35(6,7)32(9-2)34(5)33(36)29(3)4;/h22-24,26-27,31-32H,3,8-21,25,28H2,1-2,4-7H3;1H/q+1;/p-1. The number of hydrogen-bond donors (Lipinski definition) is 0. The van der Waals surface area contributed by atoms with Crippen molar-refractivity contribution in [2.24, 2.45) is 0 Å². The maximum absolute atomic E-state index is 12.8. The fourth-order valence-corrected chi connectivity index (χ4v) is 5.93. The molecule has 37 heavy (non-hydrogen) atoms. The number of carbonyl (C=O) groups excluding carboxylic acids is 1. The van der Waals surface area contributed by atoms with E-state index in [2.05, 4.69) is 64.9 Å². The highest BCUT2D eigenvalue weighted by atomic mass is 35.5. The van der Waals surface area contributed by atoms with E-state index in [1.54, 1.807) is 0 Å². The SMILES string of the molecule is C=C(C)C(=O)N(C)C(CC)[N+](C)(C)C(CCCCCCCCCCCCCCCC)c1ccccc1.[Cl-]. The summed E-state index contributed by atoms with van der Waals surface area (Å²) in [5.74, 6) is 0.0522. The third-order valence-corrected chi connectivity index (χ3v) is 8.08. The molecule has 0 fully saturated rings. The van der Waals surface area contributed by atoms with Crippen LogP contribution in [0.25, 0.3) is 0 Å². The number of likely N-dealkylation sites (N-methyl/N-ethyl adjacent to an activating group) is 1. The van der Waals surface area contributed by atoms with Gasteiger partial charge in [0, 0.05) is 31.0 Å². The third-order valence-electron chi connectivity index (χ3n) is 8.08. The summed E-state index contributed by atoms with van der Waals surface area (Å²) in [5, 5.41) is 0. The normalized spacial score (nSPS) is 13.0. The highest BCUT2D eigenvalue weighted by Crippen LogP contribution is 2.35. The molecule has 1 aromatic carbocycles. The Bertz CT molecular complexity index is 718. The van der Waals surface area contributed by atoms with Gasteiger partial charge in [-0.15, -0.1) is 0 Å². The lowest BCUT2D eigenvalue weighted by molar-refractivity contribution is -0.954. The zero-order valence-electron chi connectivity index (χ0n) is 25.2. The fourth-order valence-electron chi connectivity index (χ4n) is 5.93. The summed E-state index contributed by atoms with van der Waals surface area (Å²) in [6.07, 6.45) is 21.6. The highest BCUT2D eigenvalue weighted by Gasteiger charge is 2.39. The molecule has 4 heteroatoms. The molecule has 3 nitrogen and oxygen atoms in total. The number of amides is 1. The molecule has 214 valence electrons. The van der Waals surface area contributed by atoms with Gasteiger partial charge in [0.15, 0.2) is 6.17 Å². The topological polar surface area (TPSA) is 20.3 Å². The molecular formula is C33H59ClN2O. The maximum atomic E-state index is 12.8. The quantitative estimate of drug-likeness (QED) is 0.0767. The van der Waals surface area contributed by atoms with E-state index in [9.17, 15) is 4.79 Å². The first kappa shape index (κ1) is 35.7. The van der Waals surface area contributed by atoms with Crippen molar-refractivity contribution < 1.29 is 21.7 Å². The van der Waals surface area contributed by atoms with E-state index >= 15 is 0 Å². The number of quaternary nitrogens is 1. The van der Waals surface area contributed by atoms with E-state index in [-0.39, 0.29) is 24.5 Å². The molecule has 0 heterocycles. The molecule has 0 saturated carbocycles. The Morgan fingerprint density at radius 1 is 0.811 bits per heavy atom. The zero-order valence-corrected chi connectivity index (χ0v) is 26.0. The van der Waals surface area contributed by atoms with Gasteiger partial charge in [0.05, 0.1) is 14.1 Å². The lowest BCUT2D eigenvalue weighted by atomic mass is 9.95.